The number of hydrogen-bond acceptors (Lipinski definition) is 10. The van der Waals surface area contributed by atoms with Crippen molar-refractivity contribution in [2.45, 2.75) is 120 Å². The minimum absolute atomic E-state index is 0.0530. The molecule has 13 heteroatoms. The molecule has 33 heavy (non-hydrogen) atoms. The van der Waals surface area contributed by atoms with E-state index in [1.807, 2.05) is 0 Å². The van der Waals surface area contributed by atoms with Gasteiger partial charge in [0.05, 0.1) is 12.8 Å². The zero-order valence-electron chi connectivity index (χ0n) is 19.0. The van der Waals surface area contributed by atoms with Gasteiger partial charge in [-0.3, -0.25) is 35.1 Å². The van der Waals surface area contributed by atoms with E-state index in [1.54, 1.807) is 6.29 Å². The predicted octanol–water partition coefficient (Wildman–Crippen LogP) is 1.82. The first kappa shape index (κ1) is 30.8. The average Bonchev–Trinajstić information content (AvgIpc) is 2.73. The van der Waals surface area contributed by atoms with Crippen LogP contribution >= 0.6 is 0 Å². The zero-order chi connectivity index (χ0) is 25.4. The number of aliphatic hydroxyl groups is 3. The zero-order valence-corrected chi connectivity index (χ0v) is 19.0. The number of nitrogens with zero attached hydrogens (tertiary/aromatic N) is 3. The summed E-state index contributed by atoms with van der Waals surface area (Å²) in [5.74, 6) is 0. The molecule has 3 N–H and O–H groups in total. The van der Waals surface area contributed by atoms with Crippen LogP contribution in [0.25, 0.3) is 0 Å². The van der Waals surface area contributed by atoms with Crippen LogP contribution in [0.1, 0.15) is 84.0 Å². The van der Waals surface area contributed by atoms with E-state index in [2.05, 4.69) is 6.92 Å². The van der Waals surface area contributed by atoms with E-state index < -0.39 is 64.0 Å². The van der Waals surface area contributed by atoms with E-state index in [0.29, 0.717) is 6.42 Å². The van der Waals surface area contributed by atoms with Gasteiger partial charge in [0.25, 0.3) is 0 Å². The summed E-state index contributed by atoms with van der Waals surface area (Å²) < 4.78 is 0. The second-order valence-corrected chi connectivity index (χ2v) is 8.32. The molecule has 0 saturated heterocycles. The Labute approximate surface area is 192 Å². The van der Waals surface area contributed by atoms with Gasteiger partial charge in [-0.1, -0.05) is 45.4 Å². The van der Waals surface area contributed by atoms with E-state index in [1.165, 1.54) is 0 Å². The minimum atomic E-state index is -1.95. The Balaban J connectivity index is 5.10. The fraction of sp³-hybridized carbons (Fsp3) is 0.950. The Hall–Kier alpha value is -2.25. The highest BCUT2D eigenvalue weighted by molar-refractivity contribution is 5.50. The molecule has 0 heterocycles. The first-order chi connectivity index (χ1) is 15.6. The van der Waals surface area contributed by atoms with Crippen molar-refractivity contribution in [3.8, 4) is 0 Å². The monoisotopic (exact) mass is 478 g/mol. The number of rotatable bonds is 21. The third kappa shape index (κ3) is 12.5. The third-order valence-corrected chi connectivity index (χ3v) is 5.74. The highest BCUT2D eigenvalue weighted by atomic mass is 16.6. The van der Waals surface area contributed by atoms with Gasteiger partial charge < -0.3 is 15.3 Å². The highest BCUT2D eigenvalue weighted by Gasteiger charge is 2.44. The van der Waals surface area contributed by atoms with Gasteiger partial charge >= 0.3 is 0 Å². The second-order valence-electron chi connectivity index (χ2n) is 8.32. The number of carbonyl (C=O) groups excluding carboxylic acids is 1. The first-order valence-corrected chi connectivity index (χ1v) is 11.4. The summed E-state index contributed by atoms with van der Waals surface area (Å²) in [4.78, 5) is 41.8. The molecule has 191 valence electrons. The van der Waals surface area contributed by atoms with Crippen LogP contribution in [0, 0.1) is 30.3 Å². The smallest absolute Gasteiger partial charge is 0.245 e. The van der Waals surface area contributed by atoms with Gasteiger partial charge in [0, 0.05) is 21.2 Å². The first-order valence-electron chi connectivity index (χ1n) is 11.4. The van der Waals surface area contributed by atoms with Crippen LogP contribution in [0.3, 0.4) is 0 Å². The predicted molar refractivity (Wildman–Crippen MR) is 117 cm³/mol. The van der Waals surface area contributed by atoms with Crippen LogP contribution < -0.4 is 0 Å². The molecule has 0 aromatic carbocycles. The molecule has 0 spiro atoms. The quantitative estimate of drug-likeness (QED) is 0.124. The van der Waals surface area contributed by atoms with Gasteiger partial charge in [0.15, 0.2) is 6.29 Å². The molecule has 0 rings (SSSR count). The molecule has 1 radical (unpaired) electrons. The van der Waals surface area contributed by atoms with Crippen LogP contribution in [0.5, 0.6) is 0 Å². The lowest BCUT2D eigenvalue weighted by Crippen LogP contribution is -2.46. The topological polar surface area (TPSA) is 207 Å². The van der Waals surface area contributed by atoms with E-state index in [0.717, 1.165) is 32.1 Å². The Bertz CT molecular complexity index is 607. The molecule has 0 aliphatic carbocycles. The van der Waals surface area contributed by atoms with Crippen LogP contribution in [0.2, 0.25) is 0 Å². The van der Waals surface area contributed by atoms with Crippen molar-refractivity contribution in [1.82, 2.24) is 0 Å². The van der Waals surface area contributed by atoms with Crippen LogP contribution in [-0.2, 0) is 4.79 Å². The van der Waals surface area contributed by atoms with Crippen molar-refractivity contribution in [2.24, 2.45) is 0 Å². The van der Waals surface area contributed by atoms with Crippen molar-refractivity contribution in [1.29, 1.82) is 0 Å². The summed E-state index contributed by atoms with van der Waals surface area (Å²) in [6.45, 7) is 2.06. The van der Waals surface area contributed by atoms with Gasteiger partial charge in [0.2, 0.25) is 18.1 Å². The molecule has 0 saturated carbocycles. The number of nitro groups is 3. The summed E-state index contributed by atoms with van der Waals surface area (Å²) in [7, 11) is 0. The van der Waals surface area contributed by atoms with Crippen molar-refractivity contribution >= 4 is 6.29 Å². The molecule has 6 atom stereocenters. The van der Waals surface area contributed by atoms with Gasteiger partial charge in [-0.15, -0.1) is 0 Å². The van der Waals surface area contributed by atoms with E-state index >= 15 is 0 Å². The standard InChI is InChI=1S/C20H36N3O10/c1-2-3-4-5-6-7-10-18(25)15(21(28)29)13-16(22(30)31)20(27)14-17(23(32)33)19(26)11-8-9-12-24/h15-20,25-27H,2-11,13-14H2,1H3. The molecule has 0 amide bonds. The van der Waals surface area contributed by atoms with Crippen molar-refractivity contribution in [2.75, 3.05) is 0 Å². The summed E-state index contributed by atoms with van der Waals surface area (Å²) >= 11 is 0. The van der Waals surface area contributed by atoms with Gasteiger partial charge in [-0.05, 0) is 19.3 Å². The van der Waals surface area contributed by atoms with E-state index in [4.69, 9.17) is 0 Å². The maximum absolute atomic E-state index is 11.5. The molecular weight excluding hydrogens is 442 g/mol. The third-order valence-electron chi connectivity index (χ3n) is 5.74. The lowest BCUT2D eigenvalue weighted by Gasteiger charge is -2.23. The molecule has 0 bridgehead atoms. The summed E-state index contributed by atoms with van der Waals surface area (Å²) in [6, 6.07) is -5.40. The largest absolute Gasteiger partial charge is 0.386 e. The maximum Gasteiger partial charge on any atom is 0.245 e. The lowest BCUT2D eigenvalue weighted by atomic mass is 9.91. The number of aliphatic hydroxyl groups excluding tert-OH is 3. The fourth-order valence-corrected chi connectivity index (χ4v) is 3.70. The Morgan fingerprint density at radius 2 is 1.09 bits per heavy atom. The maximum atomic E-state index is 11.5. The number of hydrogen-bond donors (Lipinski definition) is 3. The molecule has 0 aromatic rings. The molecule has 0 aliphatic rings. The molecule has 0 fully saturated rings. The summed E-state index contributed by atoms with van der Waals surface area (Å²) in [5.41, 5.74) is 0. The highest BCUT2D eigenvalue weighted by Crippen LogP contribution is 2.21. The molecular formula is C20H36N3O10. The molecule has 13 nitrogen and oxygen atoms in total. The summed E-state index contributed by atoms with van der Waals surface area (Å²) in [6.07, 6.45) is 0.280. The Morgan fingerprint density at radius 1 is 0.667 bits per heavy atom. The average molecular weight is 479 g/mol. The van der Waals surface area contributed by atoms with E-state index in [9.17, 15) is 50.5 Å². The van der Waals surface area contributed by atoms with Crippen LogP contribution in [0.4, 0.5) is 0 Å². The Morgan fingerprint density at radius 3 is 1.58 bits per heavy atom. The number of unbranched alkanes of at least 4 members (excludes halogenated alkanes) is 6. The van der Waals surface area contributed by atoms with Gasteiger partial charge in [0.1, 0.15) is 18.3 Å². The van der Waals surface area contributed by atoms with Crippen molar-refractivity contribution < 1.29 is 34.9 Å². The Kier molecular flexibility index (Phi) is 16.1. The molecule has 6 unspecified atom stereocenters. The van der Waals surface area contributed by atoms with Gasteiger partial charge in [-0.2, -0.15) is 0 Å². The fourth-order valence-electron chi connectivity index (χ4n) is 3.70. The summed E-state index contributed by atoms with van der Waals surface area (Å²) in [5, 5.41) is 64.8. The molecule has 0 aliphatic heterocycles. The van der Waals surface area contributed by atoms with Crippen molar-refractivity contribution in [3.05, 3.63) is 30.3 Å². The van der Waals surface area contributed by atoms with E-state index in [-0.39, 0.29) is 25.7 Å². The minimum Gasteiger partial charge on any atom is -0.386 e. The van der Waals surface area contributed by atoms with Crippen LogP contribution in [-0.4, -0.2) is 72.8 Å². The SMILES string of the molecule is CCCCCCCCC(O)C(CC(C(O)CC(C(O)CCC[C]=O)[N+](=O)[O-])[N+](=O)[O-])[N+](=O)[O-]. The van der Waals surface area contributed by atoms with Crippen LogP contribution in [0.15, 0.2) is 0 Å². The molecule has 0 aromatic heterocycles. The lowest BCUT2D eigenvalue weighted by molar-refractivity contribution is -0.578. The normalized spacial score (nSPS) is 16.8. The van der Waals surface area contributed by atoms with Crippen molar-refractivity contribution in [3.63, 3.8) is 0 Å². The van der Waals surface area contributed by atoms with Gasteiger partial charge in [-0.25, -0.2) is 0 Å². The second kappa shape index (κ2) is 17.3.